The molecule has 5 nitrogen and oxygen atoms in total. The van der Waals surface area contributed by atoms with Crippen LogP contribution >= 0.6 is 0 Å². The van der Waals surface area contributed by atoms with E-state index in [9.17, 15) is 0 Å². The average molecular weight is 461 g/mol. The van der Waals surface area contributed by atoms with Gasteiger partial charge in [0.25, 0.3) is 0 Å². The fourth-order valence-electron chi connectivity index (χ4n) is 3.08. The third-order valence-electron chi connectivity index (χ3n) is 6.79. The molecular weight excluding hydrogens is 412 g/mol. The Bertz CT molecular complexity index is 553. The second-order valence-corrected chi connectivity index (χ2v) is 22.0. The smallest absolute Gasteiger partial charge is 0.200 e. The van der Waals surface area contributed by atoms with E-state index >= 15 is 0 Å². The Morgan fingerprint density at radius 1 is 1.17 bits per heavy atom. The Morgan fingerprint density at radius 3 is 2.23 bits per heavy atom. The van der Waals surface area contributed by atoms with Gasteiger partial charge in [0.05, 0.1) is 12.7 Å². The van der Waals surface area contributed by atoms with Crippen LogP contribution in [0.2, 0.25) is 43.8 Å². The maximum absolute atomic E-state index is 6.52. The zero-order chi connectivity index (χ0) is 23.4. The number of hydrogen-bond acceptors (Lipinski definition) is 5. The molecule has 0 aromatic carbocycles. The highest BCUT2D eigenvalue weighted by Gasteiger charge is 2.49. The van der Waals surface area contributed by atoms with E-state index in [1.165, 1.54) is 0 Å². The topological polar surface area (TPSA) is 46.2 Å². The summed E-state index contributed by atoms with van der Waals surface area (Å²) in [6.45, 7) is 28.1. The van der Waals surface area contributed by atoms with Gasteiger partial charge in [0.1, 0.15) is 12.9 Å². The van der Waals surface area contributed by atoms with Crippen LogP contribution in [0.4, 0.5) is 0 Å². The first-order chi connectivity index (χ1) is 13.5. The summed E-state index contributed by atoms with van der Waals surface area (Å²) < 4.78 is 31.0. The molecule has 1 rings (SSSR count). The quantitative estimate of drug-likeness (QED) is 0.162. The summed E-state index contributed by atoms with van der Waals surface area (Å²) in [6, 6.07) is 1.11. The fourth-order valence-corrected chi connectivity index (χ4v) is 4.84. The number of hydrogen-bond donors (Lipinski definition) is 0. The Balaban J connectivity index is 2.94. The minimum absolute atomic E-state index is 0.00187. The number of ether oxygens (including phenoxy) is 4. The zero-order valence-corrected chi connectivity index (χ0v) is 23.5. The lowest BCUT2D eigenvalue weighted by Crippen LogP contribution is -2.57. The maximum atomic E-state index is 6.52. The van der Waals surface area contributed by atoms with Crippen molar-refractivity contribution in [3.05, 3.63) is 12.2 Å². The molecule has 1 saturated heterocycles. The summed E-state index contributed by atoms with van der Waals surface area (Å²) in [5.41, 5.74) is 1.12. The van der Waals surface area contributed by atoms with Crippen LogP contribution in [-0.2, 0) is 23.4 Å². The molecule has 0 aliphatic carbocycles. The lowest BCUT2D eigenvalue weighted by Gasteiger charge is -2.47. The normalized spacial score (nSPS) is 27.4. The first-order valence-corrected chi connectivity index (χ1v) is 17.9. The summed E-state index contributed by atoms with van der Waals surface area (Å²) in [4.78, 5) is 0. The van der Waals surface area contributed by atoms with E-state index in [0.717, 1.165) is 11.6 Å². The number of methoxy groups -OCH3 is 1. The molecule has 0 amide bonds. The monoisotopic (exact) mass is 460 g/mol. The van der Waals surface area contributed by atoms with Gasteiger partial charge in [-0.3, -0.25) is 0 Å². The second-order valence-electron chi connectivity index (χ2n) is 11.5. The zero-order valence-electron chi connectivity index (χ0n) is 21.5. The van der Waals surface area contributed by atoms with Crippen molar-refractivity contribution in [3.63, 3.8) is 0 Å². The van der Waals surface area contributed by atoms with Crippen LogP contribution in [0.3, 0.4) is 0 Å². The molecule has 0 bridgehead atoms. The SMILES string of the molecule is C=C1C[C@](OC)([C@@H](CO[Si](C)(C)C(C)(C)C)OCOCC[Si](C)(C)C)O[C@H](C)[C@@H]1C. The second kappa shape index (κ2) is 10.7. The van der Waals surface area contributed by atoms with E-state index in [2.05, 4.69) is 73.9 Å². The predicted octanol–water partition coefficient (Wildman–Crippen LogP) is 6.05. The molecular formula is C23H48O5Si2. The fraction of sp³-hybridized carbons (Fsp3) is 0.913. The largest absolute Gasteiger partial charge is 0.414 e. The lowest BCUT2D eigenvalue weighted by atomic mass is 9.86. The van der Waals surface area contributed by atoms with Crippen LogP contribution in [0.5, 0.6) is 0 Å². The molecule has 0 aromatic rings. The van der Waals surface area contributed by atoms with Crippen molar-refractivity contribution in [1.29, 1.82) is 0 Å². The summed E-state index contributed by atoms with van der Waals surface area (Å²) in [5, 5.41) is 0.116. The molecule has 7 heteroatoms. The molecule has 0 aromatic heterocycles. The Morgan fingerprint density at radius 2 is 1.77 bits per heavy atom. The predicted molar refractivity (Wildman–Crippen MR) is 130 cm³/mol. The molecule has 0 saturated carbocycles. The van der Waals surface area contributed by atoms with Crippen molar-refractivity contribution < 1.29 is 23.4 Å². The minimum atomic E-state index is -1.95. The molecule has 0 unspecified atom stereocenters. The summed E-state index contributed by atoms with van der Waals surface area (Å²) in [5.74, 6) is -0.628. The summed E-state index contributed by atoms with van der Waals surface area (Å²) in [7, 11) is -1.40. The molecule has 1 aliphatic heterocycles. The van der Waals surface area contributed by atoms with Gasteiger partial charge in [0, 0.05) is 34.1 Å². The Kier molecular flexibility index (Phi) is 10.0. The minimum Gasteiger partial charge on any atom is -0.414 e. The van der Waals surface area contributed by atoms with Crippen molar-refractivity contribution in [2.45, 2.75) is 103 Å². The van der Waals surface area contributed by atoms with E-state index in [0.29, 0.717) is 19.6 Å². The van der Waals surface area contributed by atoms with Crippen molar-refractivity contribution in [2.24, 2.45) is 5.92 Å². The van der Waals surface area contributed by atoms with E-state index in [1.54, 1.807) is 7.11 Å². The third kappa shape index (κ3) is 7.83. The van der Waals surface area contributed by atoms with E-state index < -0.39 is 28.3 Å². The summed E-state index contributed by atoms with van der Waals surface area (Å²) >= 11 is 0. The van der Waals surface area contributed by atoms with Gasteiger partial charge in [-0.1, -0.05) is 59.5 Å². The van der Waals surface area contributed by atoms with Crippen LogP contribution in [-0.4, -0.2) is 61.5 Å². The highest BCUT2D eigenvalue weighted by atomic mass is 28.4. The first kappa shape index (κ1) is 28.0. The molecule has 0 spiro atoms. The molecule has 1 heterocycles. The molecule has 1 aliphatic rings. The van der Waals surface area contributed by atoms with Gasteiger partial charge in [-0.25, -0.2) is 0 Å². The van der Waals surface area contributed by atoms with Crippen LogP contribution in [0.1, 0.15) is 41.0 Å². The number of rotatable bonds is 11. The van der Waals surface area contributed by atoms with Gasteiger partial charge in [-0.05, 0) is 31.1 Å². The van der Waals surface area contributed by atoms with Gasteiger partial charge in [-0.2, -0.15) is 0 Å². The van der Waals surface area contributed by atoms with Crippen LogP contribution in [0.15, 0.2) is 12.2 Å². The highest BCUT2D eigenvalue weighted by Crippen LogP contribution is 2.41. The third-order valence-corrected chi connectivity index (χ3v) is 13.0. The van der Waals surface area contributed by atoms with Gasteiger partial charge < -0.3 is 23.4 Å². The van der Waals surface area contributed by atoms with E-state index in [4.69, 9.17) is 23.4 Å². The molecule has 30 heavy (non-hydrogen) atoms. The van der Waals surface area contributed by atoms with Gasteiger partial charge in [-0.15, -0.1) is 0 Å². The first-order valence-electron chi connectivity index (χ1n) is 11.3. The molecule has 0 radical (unpaired) electrons. The maximum Gasteiger partial charge on any atom is 0.200 e. The van der Waals surface area contributed by atoms with Gasteiger partial charge in [0.2, 0.25) is 5.79 Å². The van der Waals surface area contributed by atoms with Gasteiger partial charge >= 0.3 is 0 Å². The van der Waals surface area contributed by atoms with Crippen LogP contribution in [0.25, 0.3) is 0 Å². The van der Waals surface area contributed by atoms with Gasteiger partial charge in [0.15, 0.2) is 8.32 Å². The molecule has 1 fully saturated rings. The molecule has 178 valence electrons. The van der Waals surface area contributed by atoms with Crippen LogP contribution < -0.4 is 0 Å². The van der Waals surface area contributed by atoms with E-state index in [1.807, 2.05) is 0 Å². The van der Waals surface area contributed by atoms with Crippen molar-refractivity contribution >= 4 is 16.4 Å². The van der Waals surface area contributed by atoms with Crippen molar-refractivity contribution in [1.82, 2.24) is 0 Å². The average Bonchev–Trinajstić information content (AvgIpc) is 2.59. The highest BCUT2D eigenvalue weighted by molar-refractivity contribution is 6.76. The molecule has 4 atom stereocenters. The lowest BCUT2D eigenvalue weighted by molar-refractivity contribution is -0.323. The Hall–Kier alpha value is -0.0262. The Labute approximate surface area is 188 Å². The van der Waals surface area contributed by atoms with Crippen LogP contribution in [0, 0.1) is 5.92 Å². The van der Waals surface area contributed by atoms with Crippen molar-refractivity contribution in [3.8, 4) is 0 Å². The summed E-state index contributed by atoms with van der Waals surface area (Å²) in [6.07, 6.45) is 0.198. The standard InChI is InChI=1S/C23H48O5Si2/c1-18-15-23(24-7,28-20(3)19(18)2)21(16-27-30(11,12)22(4,5)6)26-17-25-13-14-29(8,9)10/h19-21H,1,13-17H2,2-12H3/t19-,20-,21-,23-/m1/s1. The van der Waals surface area contributed by atoms with Crippen molar-refractivity contribution in [2.75, 3.05) is 27.1 Å². The molecule has 0 N–H and O–H groups in total. The van der Waals surface area contributed by atoms with E-state index in [-0.39, 0.29) is 23.9 Å².